The Balaban J connectivity index is 0. The van der Waals surface area contributed by atoms with Crippen molar-refractivity contribution in [1.29, 1.82) is 0 Å². The number of hydrogen-bond donors (Lipinski definition) is 0. The van der Waals surface area contributed by atoms with E-state index in [4.69, 9.17) is 0 Å². The van der Waals surface area contributed by atoms with Crippen molar-refractivity contribution >= 4 is 0 Å². The first kappa shape index (κ1) is 20.6. The molecule has 0 bridgehead atoms. The van der Waals surface area contributed by atoms with Crippen LogP contribution < -0.4 is 0 Å². The summed E-state index contributed by atoms with van der Waals surface area (Å²) in [6.07, 6.45) is 2.48. The maximum Gasteiger partial charge on any atom is 0 e. The number of rotatable bonds is 3. The minimum atomic E-state index is 0. The van der Waals surface area contributed by atoms with Crippen molar-refractivity contribution < 1.29 is 32.7 Å². The van der Waals surface area contributed by atoms with Gasteiger partial charge in [0.05, 0.1) is 0 Å². The summed E-state index contributed by atoms with van der Waals surface area (Å²) in [5.74, 6) is 0.735. The fourth-order valence-corrected chi connectivity index (χ4v) is 2.02. The number of benzene rings is 1. The van der Waals surface area contributed by atoms with Crippen LogP contribution >= 0.6 is 0 Å². The van der Waals surface area contributed by atoms with Gasteiger partial charge in [-0.2, -0.15) is 0 Å². The minimum absolute atomic E-state index is 0. The molecule has 1 rings (SSSR count). The molecule has 18 heavy (non-hydrogen) atoms. The molecule has 1 aromatic rings. The summed E-state index contributed by atoms with van der Waals surface area (Å²) in [7, 11) is 0. The molecular formula is C17H30Y. The summed E-state index contributed by atoms with van der Waals surface area (Å²) in [6, 6.07) is 9.18. The van der Waals surface area contributed by atoms with E-state index in [1.807, 2.05) is 13.8 Å². The van der Waals surface area contributed by atoms with Crippen LogP contribution in [-0.2, 0) is 38.1 Å². The first-order chi connectivity index (χ1) is 7.99. The Kier molecular flexibility index (Phi) is 11.6. The van der Waals surface area contributed by atoms with Gasteiger partial charge in [-0.05, 0) is 35.3 Å². The molecule has 0 aromatic heterocycles. The average Bonchev–Trinajstić information content (AvgIpc) is 2.33. The molecule has 0 unspecified atom stereocenters. The van der Waals surface area contributed by atoms with Crippen LogP contribution in [0.1, 0.15) is 78.4 Å². The molecular weight excluding hydrogens is 293 g/mol. The van der Waals surface area contributed by atoms with Crippen molar-refractivity contribution in [3.05, 3.63) is 35.4 Å². The minimum Gasteiger partial charge on any atom is -0.0683 e. The van der Waals surface area contributed by atoms with Gasteiger partial charge in [-0.3, -0.25) is 0 Å². The normalized spacial score (nSPS) is 10.4. The van der Waals surface area contributed by atoms with Crippen LogP contribution in [0.3, 0.4) is 0 Å². The quantitative estimate of drug-likeness (QED) is 0.648. The summed E-state index contributed by atoms with van der Waals surface area (Å²) in [5.41, 5.74) is 3.19. The molecule has 0 spiro atoms. The number of hydrogen-bond acceptors (Lipinski definition) is 0. The van der Waals surface area contributed by atoms with Crippen molar-refractivity contribution in [1.82, 2.24) is 0 Å². The Labute approximate surface area is 140 Å². The Hall–Kier alpha value is 0.324. The Morgan fingerprint density at radius 1 is 0.889 bits per heavy atom. The van der Waals surface area contributed by atoms with E-state index in [-0.39, 0.29) is 38.1 Å². The fraction of sp³-hybridized carbons (Fsp3) is 0.647. The van der Waals surface area contributed by atoms with Crippen LogP contribution in [0.2, 0.25) is 0 Å². The Morgan fingerprint density at radius 3 is 1.56 bits per heavy atom. The molecule has 0 saturated carbocycles. The van der Waals surface area contributed by atoms with Gasteiger partial charge in [0, 0.05) is 32.7 Å². The van der Waals surface area contributed by atoms with Crippen LogP contribution in [0.15, 0.2) is 24.3 Å². The largest absolute Gasteiger partial charge is 0.0683 e. The van der Waals surface area contributed by atoms with E-state index >= 15 is 0 Å². The molecule has 101 valence electrons. The summed E-state index contributed by atoms with van der Waals surface area (Å²) in [4.78, 5) is 0. The molecule has 0 N–H and O–H groups in total. The zero-order valence-electron chi connectivity index (χ0n) is 13.4. The third-order valence-corrected chi connectivity index (χ3v) is 3.23. The summed E-state index contributed by atoms with van der Waals surface area (Å²) in [6.45, 7) is 15.3. The van der Waals surface area contributed by atoms with Crippen molar-refractivity contribution in [2.45, 2.75) is 72.6 Å². The second kappa shape index (κ2) is 10.2. The van der Waals surface area contributed by atoms with Gasteiger partial charge in [0.2, 0.25) is 0 Å². The van der Waals surface area contributed by atoms with Gasteiger partial charge in [0.15, 0.2) is 0 Å². The Bertz CT molecular complexity index is 288. The molecule has 0 fully saturated rings. The smallest absolute Gasteiger partial charge is 0 e. The fourth-order valence-electron chi connectivity index (χ4n) is 2.02. The van der Waals surface area contributed by atoms with Crippen LogP contribution in [0, 0.1) is 0 Å². The van der Waals surface area contributed by atoms with Crippen molar-refractivity contribution in [3.8, 4) is 0 Å². The van der Waals surface area contributed by atoms with Crippen LogP contribution in [0.4, 0.5) is 0 Å². The van der Waals surface area contributed by atoms with E-state index < -0.39 is 0 Å². The molecule has 0 amide bonds. The van der Waals surface area contributed by atoms with Gasteiger partial charge in [0.1, 0.15) is 0 Å². The molecule has 0 aliphatic rings. The monoisotopic (exact) mass is 323 g/mol. The topological polar surface area (TPSA) is 0 Å². The zero-order chi connectivity index (χ0) is 13.5. The zero-order valence-corrected chi connectivity index (χ0v) is 16.2. The first-order valence-electron chi connectivity index (χ1n) is 7.09. The van der Waals surface area contributed by atoms with Crippen molar-refractivity contribution in [2.24, 2.45) is 0 Å². The Morgan fingerprint density at radius 2 is 1.28 bits per heavy atom. The third kappa shape index (κ3) is 6.48. The summed E-state index contributed by atoms with van der Waals surface area (Å²) < 4.78 is 0. The third-order valence-electron chi connectivity index (χ3n) is 3.23. The molecule has 1 aromatic carbocycles. The van der Waals surface area contributed by atoms with E-state index in [0.29, 0.717) is 0 Å². The van der Waals surface area contributed by atoms with E-state index in [1.54, 1.807) is 0 Å². The molecule has 0 aliphatic carbocycles. The second-order valence-corrected chi connectivity index (χ2v) is 5.39. The molecule has 0 heterocycles. The maximum absolute atomic E-state index is 2.30. The molecule has 0 aliphatic heterocycles. The first-order valence-corrected chi connectivity index (χ1v) is 7.09. The standard InChI is InChI=1S/C15H24.C2H6.Y/c1-6-12(7-2)13-8-10-14(11-9-13)15(3,4)5;1-2;/h8-12H,6-7H2,1-5H3;1-2H3;. The molecule has 0 saturated heterocycles. The van der Waals surface area contributed by atoms with Gasteiger partial charge in [-0.1, -0.05) is 72.7 Å². The summed E-state index contributed by atoms with van der Waals surface area (Å²) >= 11 is 0. The molecule has 1 radical (unpaired) electrons. The van der Waals surface area contributed by atoms with Crippen LogP contribution in [0.25, 0.3) is 0 Å². The predicted molar refractivity (Wildman–Crippen MR) is 79.8 cm³/mol. The molecule has 0 atom stereocenters. The van der Waals surface area contributed by atoms with E-state index in [9.17, 15) is 0 Å². The van der Waals surface area contributed by atoms with Gasteiger partial charge in [0.25, 0.3) is 0 Å². The van der Waals surface area contributed by atoms with Crippen molar-refractivity contribution in [2.75, 3.05) is 0 Å². The van der Waals surface area contributed by atoms with Crippen LogP contribution in [0.5, 0.6) is 0 Å². The van der Waals surface area contributed by atoms with Gasteiger partial charge in [-0.15, -0.1) is 0 Å². The van der Waals surface area contributed by atoms with Crippen LogP contribution in [-0.4, -0.2) is 0 Å². The average molecular weight is 323 g/mol. The molecule has 1 heteroatoms. The second-order valence-electron chi connectivity index (χ2n) is 5.39. The maximum atomic E-state index is 2.30. The van der Waals surface area contributed by atoms with E-state index in [0.717, 1.165) is 5.92 Å². The molecule has 0 nitrogen and oxygen atoms in total. The van der Waals surface area contributed by atoms with E-state index in [1.165, 1.54) is 24.0 Å². The van der Waals surface area contributed by atoms with Gasteiger partial charge in [-0.25, -0.2) is 0 Å². The predicted octanol–water partition coefficient (Wildman–Crippen LogP) is 5.91. The SMILES string of the molecule is CC.CCC(CC)c1ccc(C(C)(C)C)cc1.[Y]. The summed E-state index contributed by atoms with van der Waals surface area (Å²) in [5, 5.41) is 0. The van der Waals surface area contributed by atoms with Gasteiger partial charge >= 0.3 is 0 Å². The van der Waals surface area contributed by atoms with Gasteiger partial charge < -0.3 is 0 Å². The van der Waals surface area contributed by atoms with Crippen molar-refractivity contribution in [3.63, 3.8) is 0 Å². The van der Waals surface area contributed by atoms with E-state index in [2.05, 4.69) is 58.9 Å².